The van der Waals surface area contributed by atoms with Gasteiger partial charge in [-0.1, -0.05) is 23.2 Å². The monoisotopic (exact) mass is 450 g/mol. The summed E-state index contributed by atoms with van der Waals surface area (Å²) in [6.45, 7) is 3.53. The molecule has 3 rings (SSSR count). The molecule has 1 aliphatic rings. The van der Waals surface area contributed by atoms with E-state index in [1.54, 1.807) is 42.5 Å². The molecule has 160 valence electrons. The SMILES string of the molecule is COCCCNC(=O)c1ccc(N2CCN(C(=O)c3cc(Cl)ccc3Cl)CC2)nc1. The third kappa shape index (κ3) is 5.62. The minimum Gasteiger partial charge on any atom is -0.385 e. The second-order valence-electron chi connectivity index (χ2n) is 6.91. The molecule has 0 radical (unpaired) electrons. The second-order valence-corrected chi connectivity index (χ2v) is 7.75. The highest BCUT2D eigenvalue weighted by atomic mass is 35.5. The van der Waals surface area contributed by atoms with Gasteiger partial charge in [0.15, 0.2) is 0 Å². The lowest BCUT2D eigenvalue weighted by Crippen LogP contribution is -2.49. The van der Waals surface area contributed by atoms with E-state index >= 15 is 0 Å². The Morgan fingerprint density at radius 3 is 2.57 bits per heavy atom. The maximum atomic E-state index is 12.8. The molecule has 1 fully saturated rings. The van der Waals surface area contributed by atoms with Crippen molar-refractivity contribution in [3.8, 4) is 0 Å². The van der Waals surface area contributed by atoms with Crippen LogP contribution in [0.25, 0.3) is 0 Å². The van der Waals surface area contributed by atoms with Gasteiger partial charge in [0.1, 0.15) is 5.82 Å². The predicted molar refractivity (Wildman–Crippen MR) is 118 cm³/mol. The number of pyridine rings is 1. The summed E-state index contributed by atoms with van der Waals surface area (Å²) in [5, 5.41) is 3.71. The fraction of sp³-hybridized carbons (Fsp3) is 0.381. The Morgan fingerprint density at radius 2 is 1.90 bits per heavy atom. The van der Waals surface area contributed by atoms with Crippen LogP contribution in [0, 0.1) is 0 Å². The molecule has 2 amide bonds. The van der Waals surface area contributed by atoms with Crippen LogP contribution in [0.4, 0.5) is 5.82 Å². The Hall–Kier alpha value is -2.35. The van der Waals surface area contributed by atoms with E-state index in [1.807, 2.05) is 6.07 Å². The van der Waals surface area contributed by atoms with Gasteiger partial charge in [0.2, 0.25) is 0 Å². The van der Waals surface area contributed by atoms with E-state index in [0.717, 1.165) is 12.2 Å². The van der Waals surface area contributed by atoms with Crippen molar-refractivity contribution < 1.29 is 14.3 Å². The smallest absolute Gasteiger partial charge is 0.255 e. The molecule has 2 aromatic rings. The molecule has 1 N–H and O–H groups in total. The number of halogens is 2. The van der Waals surface area contributed by atoms with Gasteiger partial charge in [-0.2, -0.15) is 0 Å². The summed E-state index contributed by atoms with van der Waals surface area (Å²) in [6, 6.07) is 8.48. The third-order valence-corrected chi connectivity index (χ3v) is 5.44. The van der Waals surface area contributed by atoms with Crippen molar-refractivity contribution in [1.29, 1.82) is 0 Å². The average molecular weight is 451 g/mol. The summed E-state index contributed by atoms with van der Waals surface area (Å²) in [4.78, 5) is 33.2. The molecule has 0 aliphatic carbocycles. The van der Waals surface area contributed by atoms with Crippen molar-refractivity contribution in [2.45, 2.75) is 6.42 Å². The van der Waals surface area contributed by atoms with Gasteiger partial charge in [0.05, 0.1) is 16.1 Å². The molecule has 0 spiro atoms. The Bertz CT molecular complexity index is 884. The minimum absolute atomic E-state index is 0.129. The highest BCUT2D eigenvalue weighted by Crippen LogP contribution is 2.23. The summed E-state index contributed by atoms with van der Waals surface area (Å²) in [6.07, 6.45) is 2.33. The van der Waals surface area contributed by atoms with E-state index in [9.17, 15) is 9.59 Å². The Balaban J connectivity index is 1.54. The number of nitrogens with one attached hydrogen (secondary N) is 1. The third-order valence-electron chi connectivity index (χ3n) is 4.87. The Kier molecular flexibility index (Phi) is 7.90. The van der Waals surface area contributed by atoms with E-state index in [4.69, 9.17) is 27.9 Å². The van der Waals surface area contributed by atoms with Gasteiger partial charge >= 0.3 is 0 Å². The van der Waals surface area contributed by atoms with E-state index in [0.29, 0.717) is 60.5 Å². The number of ether oxygens (including phenoxy) is 1. The fourth-order valence-electron chi connectivity index (χ4n) is 3.20. The predicted octanol–water partition coefficient (Wildman–Crippen LogP) is 3.12. The summed E-state index contributed by atoms with van der Waals surface area (Å²) in [7, 11) is 1.63. The summed E-state index contributed by atoms with van der Waals surface area (Å²) < 4.78 is 4.96. The maximum Gasteiger partial charge on any atom is 0.255 e. The molecule has 1 aromatic heterocycles. The highest BCUT2D eigenvalue weighted by Gasteiger charge is 2.24. The summed E-state index contributed by atoms with van der Waals surface area (Å²) in [5.74, 6) is 0.494. The Morgan fingerprint density at radius 1 is 1.13 bits per heavy atom. The first-order valence-corrected chi connectivity index (χ1v) is 10.5. The first-order valence-electron chi connectivity index (χ1n) is 9.72. The van der Waals surface area contributed by atoms with Crippen molar-refractivity contribution in [3.63, 3.8) is 0 Å². The standard InChI is InChI=1S/C21H24Cl2N4O3/c1-30-12-2-7-24-20(28)15-3-6-19(25-14-15)26-8-10-27(11-9-26)21(29)17-13-16(22)4-5-18(17)23/h3-6,13-14H,2,7-12H2,1H3,(H,24,28). The largest absolute Gasteiger partial charge is 0.385 e. The molecule has 1 aromatic carbocycles. The van der Waals surface area contributed by atoms with Crippen LogP contribution >= 0.6 is 23.2 Å². The fourth-order valence-corrected chi connectivity index (χ4v) is 3.57. The molecule has 30 heavy (non-hydrogen) atoms. The zero-order valence-electron chi connectivity index (χ0n) is 16.7. The maximum absolute atomic E-state index is 12.8. The lowest BCUT2D eigenvalue weighted by atomic mass is 10.1. The number of carbonyl (C=O) groups is 2. The molecular weight excluding hydrogens is 427 g/mol. The zero-order valence-corrected chi connectivity index (χ0v) is 18.2. The van der Waals surface area contributed by atoms with Crippen LogP contribution in [-0.2, 0) is 4.74 Å². The van der Waals surface area contributed by atoms with Crippen molar-refractivity contribution in [2.75, 3.05) is 51.3 Å². The Labute approximate surface area is 185 Å². The summed E-state index contributed by atoms with van der Waals surface area (Å²) in [5.41, 5.74) is 0.928. The number of benzene rings is 1. The van der Waals surface area contributed by atoms with E-state index in [2.05, 4.69) is 15.2 Å². The van der Waals surface area contributed by atoms with Gasteiger partial charge in [0.25, 0.3) is 11.8 Å². The van der Waals surface area contributed by atoms with Crippen LogP contribution in [0.15, 0.2) is 36.5 Å². The van der Waals surface area contributed by atoms with Gasteiger partial charge in [-0.25, -0.2) is 4.98 Å². The number of methoxy groups -OCH3 is 1. The molecule has 0 saturated carbocycles. The van der Waals surface area contributed by atoms with Crippen molar-refractivity contribution in [3.05, 3.63) is 57.7 Å². The molecule has 9 heteroatoms. The van der Waals surface area contributed by atoms with Crippen LogP contribution < -0.4 is 10.2 Å². The summed E-state index contributed by atoms with van der Waals surface area (Å²) >= 11 is 12.2. The molecule has 1 saturated heterocycles. The molecule has 0 bridgehead atoms. The van der Waals surface area contributed by atoms with E-state index < -0.39 is 0 Å². The number of piperazine rings is 1. The molecular formula is C21H24Cl2N4O3. The van der Waals surface area contributed by atoms with Crippen LogP contribution in [0.1, 0.15) is 27.1 Å². The van der Waals surface area contributed by atoms with Crippen molar-refractivity contribution in [2.24, 2.45) is 0 Å². The zero-order chi connectivity index (χ0) is 21.5. The van der Waals surface area contributed by atoms with Gasteiger partial charge in [-0.15, -0.1) is 0 Å². The number of amides is 2. The molecule has 0 atom stereocenters. The minimum atomic E-state index is -0.154. The lowest BCUT2D eigenvalue weighted by Gasteiger charge is -2.35. The first-order chi connectivity index (χ1) is 14.5. The lowest BCUT2D eigenvalue weighted by molar-refractivity contribution is 0.0746. The van der Waals surface area contributed by atoms with Crippen molar-refractivity contribution in [1.82, 2.24) is 15.2 Å². The number of hydrogen-bond acceptors (Lipinski definition) is 5. The molecule has 0 unspecified atom stereocenters. The average Bonchev–Trinajstić information content (AvgIpc) is 2.78. The molecule has 2 heterocycles. The number of nitrogens with zero attached hydrogens (tertiary/aromatic N) is 3. The van der Waals surface area contributed by atoms with Crippen LogP contribution in [-0.4, -0.2) is 68.1 Å². The van der Waals surface area contributed by atoms with Crippen LogP contribution in [0.2, 0.25) is 10.0 Å². The second kappa shape index (κ2) is 10.6. The number of aromatic nitrogens is 1. The van der Waals surface area contributed by atoms with Gasteiger partial charge in [-0.05, 0) is 36.8 Å². The highest BCUT2D eigenvalue weighted by molar-refractivity contribution is 6.35. The number of rotatable bonds is 7. The van der Waals surface area contributed by atoms with Gasteiger partial charge < -0.3 is 19.9 Å². The van der Waals surface area contributed by atoms with Gasteiger partial charge in [-0.3, -0.25) is 9.59 Å². The quantitative estimate of drug-likeness (QED) is 0.655. The van der Waals surface area contributed by atoms with Gasteiger partial charge in [0, 0.05) is 57.7 Å². The van der Waals surface area contributed by atoms with Crippen molar-refractivity contribution >= 4 is 40.8 Å². The van der Waals surface area contributed by atoms with Crippen LogP contribution in [0.3, 0.4) is 0 Å². The normalized spacial score (nSPS) is 14.0. The first kappa shape index (κ1) is 22.3. The van der Waals surface area contributed by atoms with E-state index in [-0.39, 0.29) is 11.8 Å². The number of carbonyl (C=O) groups excluding carboxylic acids is 2. The molecule has 7 nitrogen and oxygen atoms in total. The number of hydrogen-bond donors (Lipinski definition) is 1. The van der Waals surface area contributed by atoms with Crippen LogP contribution in [0.5, 0.6) is 0 Å². The molecule has 1 aliphatic heterocycles. The van der Waals surface area contributed by atoms with E-state index in [1.165, 1.54) is 0 Å². The number of anilines is 1. The topological polar surface area (TPSA) is 74.8 Å².